The number of esters is 1. The maximum atomic E-state index is 11.3. The normalized spacial score (nSPS) is 16.2. The summed E-state index contributed by atoms with van der Waals surface area (Å²) in [5, 5.41) is 0. The first-order valence-corrected chi connectivity index (χ1v) is 7.44. The van der Waals surface area contributed by atoms with E-state index in [1.54, 1.807) is 12.1 Å². The summed E-state index contributed by atoms with van der Waals surface area (Å²) in [4.78, 5) is 11.4. The summed E-state index contributed by atoms with van der Waals surface area (Å²) in [5.74, 6) is -0.396. The Morgan fingerprint density at radius 1 is 1.24 bits per heavy atom. The summed E-state index contributed by atoms with van der Waals surface area (Å²) in [6.45, 7) is 0.206. The summed E-state index contributed by atoms with van der Waals surface area (Å²) in [5.41, 5.74) is 1.50. The lowest BCUT2D eigenvalue weighted by atomic mass is 10.1. The van der Waals surface area contributed by atoms with Crippen LogP contribution in [-0.4, -0.2) is 27.2 Å². The van der Waals surface area contributed by atoms with Gasteiger partial charge in [-0.05, 0) is 33.6 Å². The molecule has 1 aliphatic heterocycles. The van der Waals surface area contributed by atoms with Gasteiger partial charge in [-0.1, -0.05) is 12.1 Å². The average molecular weight is 317 g/mol. The van der Waals surface area contributed by atoms with Crippen LogP contribution in [0, 0.1) is 0 Å². The Labute approximate surface area is 107 Å². The summed E-state index contributed by atoms with van der Waals surface area (Å²) < 4.78 is 27.8. The first-order chi connectivity index (χ1) is 7.89. The third-order valence-electron chi connectivity index (χ3n) is 2.42. The van der Waals surface area contributed by atoms with Gasteiger partial charge in [-0.15, -0.1) is 0 Å². The third-order valence-corrected chi connectivity index (χ3v) is 4.35. The van der Waals surface area contributed by atoms with E-state index in [1.807, 2.05) is 0 Å². The molecule has 1 aromatic carbocycles. The predicted molar refractivity (Wildman–Crippen MR) is 66.4 cm³/mol. The van der Waals surface area contributed by atoms with E-state index < -0.39 is 15.8 Å². The highest BCUT2D eigenvalue weighted by atomic mass is 79.9. The molecule has 0 amide bonds. The Morgan fingerprint density at radius 2 is 1.82 bits per heavy atom. The van der Waals surface area contributed by atoms with Crippen LogP contribution in [0.15, 0.2) is 33.6 Å². The van der Waals surface area contributed by atoms with Crippen molar-refractivity contribution in [2.24, 2.45) is 0 Å². The molecule has 0 atom stereocenters. The van der Waals surface area contributed by atoms with E-state index in [1.165, 1.54) is 12.1 Å². The molecule has 0 bridgehead atoms. The lowest BCUT2D eigenvalue weighted by molar-refractivity contribution is -0.135. The van der Waals surface area contributed by atoms with Crippen LogP contribution in [0.4, 0.5) is 0 Å². The van der Waals surface area contributed by atoms with Crippen molar-refractivity contribution >= 4 is 37.3 Å². The van der Waals surface area contributed by atoms with Gasteiger partial charge < -0.3 is 4.74 Å². The number of rotatable bonds is 2. The predicted octanol–water partition coefficient (Wildman–Crippen LogP) is 1.75. The van der Waals surface area contributed by atoms with Gasteiger partial charge in [0.05, 0.1) is 4.90 Å². The molecule has 0 spiro atoms. The summed E-state index contributed by atoms with van der Waals surface area (Å²) in [6.07, 6.45) is 1.15. The fourth-order valence-electron chi connectivity index (χ4n) is 1.50. The van der Waals surface area contributed by atoms with Gasteiger partial charge >= 0.3 is 5.97 Å². The van der Waals surface area contributed by atoms with Crippen molar-refractivity contribution in [3.63, 3.8) is 0 Å². The number of carbonyl (C=O) groups excluding carboxylic acids is 1. The second kappa shape index (κ2) is 4.27. The van der Waals surface area contributed by atoms with E-state index in [0.29, 0.717) is 4.48 Å². The largest absolute Gasteiger partial charge is 0.457 e. The standard InChI is InChI=1S/C11H9BrO4S/c1-17(14,15)8-4-2-7(3-5-8)9-6-16-11(13)10(9)12/h2-5H,6H2,1H3. The smallest absolute Gasteiger partial charge is 0.346 e. The van der Waals surface area contributed by atoms with Gasteiger partial charge in [-0.25, -0.2) is 13.2 Å². The summed E-state index contributed by atoms with van der Waals surface area (Å²) >= 11 is 3.15. The molecule has 6 heteroatoms. The molecule has 0 saturated carbocycles. The van der Waals surface area contributed by atoms with Gasteiger partial charge in [-0.2, -0.15) is 0 Å². The minimum atomic E-state index is -3.19. The molecule has 1 aliphatic rings. The van der Waals surface area contributed by atoms with Crippen LogP contribution < -0.4 is 0 Å². The minimum Gasteiger partial charge on any atom is -0.457 e. The Kier molecular flexibility index (Phi) is 3.09. The minimum absolute atomic E-state index is 0.206. The lowest BCUT2D eigenvalue weighted by Crippen LogP contribution is -1.97. The first-order valence-electron chi connectivity index (χ1n) is 4.76. The molecular formula is C11H9BrO4S. The molecule has 0 saturated heterocycles. The van der Waals surface area contributed by atoms with E-state index in [9.17, 15) is 13.2 Å². The van der Waals surface area contributed by atoms with Crippen LogP contribution in [0.5, 0.6) is 0 Å². The zero-order valence-corrected chi connectivity index (χ0v) is 11.3. The van der Waals surface area contributed by atoms with Crippen molar-refractivity contribution in [2.75, 3.05) is 12.9 Å². The zero-order chi connectivity index (χ0) is 12.6. The van der Waals surface area contributed by atoms with E-state index in [4.69, 9.17) is 4.74 Å². The van der Waals surface area contributed by atoms with Gasteiger partial charge in [-0.3, -0.25) is 0 Å². The van der Waals surface area contributed by atoms with Gasteiger partial charge in [0.25, 0.3) is 0 Å². The molecular weight excluding hydrogens is 308 g/mol. The van der Waals surface area contributed by atoms with E-state index in [-0.39, 0.29) is 11.5 Å². The van der Waals surface area contributed by atoms with Crippen molar-refractivity contribution in [3.05, 3.63) is 34.3 Å². The molecule has 1 aromatic rings. The number of carbonyl (C=O) groups is 1. The molecule has 0 radical (unpaired) electrons. The maximum absolute atomic E-state index is 11.3. The Hall–Kier alpha value is -1.14. The third kappa shape index (κ3) is 2.42. The molecule has 90 valence electrons. The van der Waals surface area contributed by atoms with Crippen molar-refractivity contribution in [3.8, 4) is 0 Å². The molecule has 0 N–H and O–H groups in total. The number of sulfone groups is 1. The van der Waals surface area contributed by atoms with Gasteiger partial charge in [0.15, 0.2) is 9.84 Å². The highest BCUT2D eigenvalue weighted by Gasteiger charge is 2.23. The summed E-state index contributed by atoms with van der Waals surface area (Å²) in [7, 11) is -3.19. The van der Waals surface area contributed by atoms with E-state index in [2.05, 4.69) is 15.9 Å². The van der Waals surface area contributed by atoms with Gasteiger partial charge in [0, 0.05) is 11.8 Å². The van der Waals surface area contributed by atoms with Crippen LogP contribution in [0.1, 0.15) is 5.56 Å². The van der Waals surface area contributed by atoms with Crippen molar-refractivity contribution in [1.29, 1.82) is 0 Å². The SMILES string of the molecule is CS(=O)(=O)c1ccc(C2=C(Br)C(=O)OC2)cc1. The van der Waals surface area contributed by atoms with E-state index in [0.717, 1.165) is 17.4 Å². The molecule has 0 aliphatic carbocycles. The van der Waals surface area contributed by atoms with Crippen LogP contribution in [0.25, 0.3) is 5.57 Å². The molecule has 0 fully saturated rings. The van der Waals surface area contributed by atoms with Crippen molar-refractivity contribution in [2.45, 2.75) is 4.90 Å². The number of hydrogen-bond donors (Lipinski definition) is 0. The maximum Gasteiger partial charge on any atom is 0.346 e. The van der Waals surface area contributed by atoms with Crippen LogP contribution in [0.3, 0.4) is 0 Å². The second-order valence-electron chi connectivity index (χ2n) is 3.67. The summed E-state index contributed by atoms with van der Waals surface area (Å²) in [6, 6.07) is 6.35. The Bertz CT molecular complexity index is 599. The quantitative estimate of drug-likeness (QED) is 0.780. The highest BCUT2D eigenvalue weighted by molar-refractivity contribution is 9.12. The first kappa shape index (κ1) is 12.3. The van der Waals surface area contributed by atoms with Gasteiger partial charge in [0.2, 0.25) is 0 Å². The molecule has 1 heterocycles. The van der Waals surface area contributed by atoms with Gasteiger partial charge in [0.1, 0.15) is 11.1 Å². The Balaban J connectivity index is 2.41. The van der Waals surface area contributed by atoms with Crippen LogP contribution in [-0.2, 0) is 19.4 Å². The number of halogens is 1. The Morgan fingerprint density at radius 3 is 2.24 bits per heavy atom. The van der Waals surface area contributed by atoms with Crippen molar-refractivity contribution < 1.29 is 17.9 Å². The topological polar surface area (TPSA) is 60.4 Å². The van der Waals surface area contributed by atoms with Crippen molar-refractivity contribution in [1.82, 2.24) is 0 Å². The van der Waals surface area contributed by atoms with Crippen LogP contribution in [0.2, 0.25) is 0 Å². The van der Waals surface area contributed by atoms with Crippen LogP contribution >= 0.6 is 15.9 Å². The molecule has 0 unspecified atom stereocenters. The number of cyclic esters (lactones) is 1. The second-order valence-corrected chi connectivity index (χ2v) is 6.47. The fourth-order valence-corrected chi connectivity index (χ4v) is 2.59. The average Bonchev–Trinajstić information content (AvgIpc) is 2.59. The lowest BCUT2D eigenvalue weighted by Gasteiger charge is -2.03. The number of ether oxygens (including phenoxy) is 1. The zero-order valence-electron chi connectivity index (χ0n) is 8.94. The molecule has 17 heavy (non-hydrogen) atoms. The highest BCUT2D eigenvalue weighted by Crippen LogP contribution is 2.30. The number of hydrogen-bond acceptors (Lipinski definition) is 4. The van der Waals surface area contributed by atoms with E-state index >= 15 is 0 Å². The fraction of sp³-hybridized carbons (Fsp3) is 0.182. The number of benzene rings is 1. The molecule has 2 rings (SSSR count). The molecule has 4 nitrogen and oxygen atoms in total. The molecule has 0 aromatic heterocycles. The monoisotopic (exact) mass is 316 g/mol.